The van der Waals surface area contributed by atoms with Gasteiger partial charge in [-0.25, -0.2) is 9.78 Å². The minimum atomic E-state index is -0.523. The molecule has 160 valence electrons. The Morgan fingerprint density at radius 3 is 2.58 bits per heavy atom. The molecule has 8 nitrogen and oxygen atoms in total. The second kappa shape index (κ2) is 7.70. The van der Waals surface area contributed by atoms with Crippen LogP contribution in [0.1, 0.15) is 43.7 Å². The number of benzene rings is 1. The van der Waals surface area contributed by atoms with E-state index in [1.54, 1.807) is 17.6 Å². The van der Waals surface area contributed by atoms with Gasteiger partial charge in [-0.2, -0.15) is 19.4 Å². The van der Waals surface area contributed by atoms with Crippen LogP contribution in [0.25, 0.3) is 22.6 Å². The van der Waals surface area contributed by atoms with Crippen molar-refractivity contribution in [2.75, 3.05) is 12.3 Å². The highest BCUT2D eigenvalue weighted by molar-refractivity contribution is 6.33. The molecule has 31 heavy (non-hydrogen) atoms. The van der Waals surface area contributed by atoms with Gasteiger partial charge in [0.15, 0.2) is 11.5 Å². The first-order valence-corrected chi connectivity index (χ1v) is 10.2. The first-order chi connectivity index (χ1) is 14.7. The molecule has 4 aromatic rings. The molecular formula is C22H23ClN6O2. The maximum absolute atomic E-state index is 12.2. The lowest BCUT2D eigenvalue weighted by atomic mass is 9.92. The summed E-state index contributed by atoms with van der Waals surface area (Å²) < 4.78 is 8.19. The van der Waals surface area contributed by atoms with Crippen molar-refractivity contribution in [1.82, 2.24) is 24.4 Å². The predicted molar refractivity (Wildman–Crippen MR) is 120 cm³/mol. The summed E-state index contributed by atoms with van der Waals surface area (Å²) in [5.41, 5.74) is 9.25. The molecule has 0 aliphatic carbocycles. The van der Waals surface area contributed by atoms with E-state index in [0.717, 1.165) is 16.8 Å². The van der Waals surface area contributed by atoms with E-state index in [9.17, 15) is 4.79 Å². The van der Waals surface area contributed by atoms with Crippen molar-refractivity contribution in [3.63, 3.8) is 0 Å². The third-order valence-electron chi connectivity index (χ3n) is 4.90. The largest absolute Gasteiger partial charge is 0.462 e. The summed E-state index contributed by atoms with van der Waals surface area (Å²) >= 11 is 6.44. The zero-order chi connectivity index (χ0) is 22.3. The van der Waals surface area contributed by atoms with Gasteiger partial charge in [-0.3, -0.25) is 0 Å². The van der Waals surface area contributed by atoms with Gasteiger partial charge in [0, 0.05) is 27.6 Å². The third-order valence-corrected chi connectivity index (χ3v) is 5.23. The zero-order valence-electron chi connectivity index (χ0n) is 17.8. The number of anilines is 1. The van der Waals surface area contributed by atoms with Crippen molar-refractivity contribution in [2.24, 2.45) is 0 Å². The van der Waals surface area contributed by atoms with E-state index in [-0.39, 0.29) is 23.4 Å². The highest BCUT2D eigenvalue weighted by Gasteiger charge is 2.24. The van der Waals surface area contributed by atoms with E-state index in [2.05, 4.69) is 31.0 Å². The molecular weight excluding hydrogens is 416 g/mol. The molecule has 0 saturated carbocycles. The van der Waals surface area contributed by atoms with Gasteiger partial charge in [0.25, 0.3) is 0 Å². The van der Waals surface area contributed by atoms with Crippen molar-refractivity contribution in [1.29, 1.82) is 0 Å². The molecule has 0 spiro atoms. The monoisotopic (exact) mass is 438 g/mol. The number of fused-ring (bicyclic) bond motifs is 1. The fourth-order valence-electron chi connectivity index (χ4n) is 3.26. The summed E-state index contributed by atoms with van der Waals surface area (Å²) in [7, 11) is 0. The van der Waals surface area contributed by atoms with Crippen molar-refractivity contribution >= 4 is 29.0 Å². The molecule has 9 heteroatoms. The van der Waals surface area contributed by atoms with Crippen LogP contribution in [0.4, 0.5) is 5.82 Å². The lowest BCUT2D eigenvalue weighted by Gasteiger charge is -2.20. The summed E-state index contributed by atoms with van der Waals surface area (Å²) in [6.07, 6.45) is 3.11. The highest BCUT2D eigenvalue weighted by atomic mass is 35.5. The average molecular weight is 439 g/mol. The summed E-state index contributed by atoms with van der Waals surface area (Å²) in [4.78, 5) is 17.1. The minimum absolute atomic E-state index is 0.167. The predicted octanol–water partition coefficient (Wildman–Crippen LogP) is 4.29. The van der Waals surface area contributed by atoms with Crippen LogP contribution >= 0.6 is 11.6 Å². The lowest BCUT2D eigenvalue weighted by Crippen LogP contribution is -2.18. The first-order valence-electron chi connectivity index (χ1n) is 9.87. The van der Waals surface area contributed by atoms with E-state index >= 15 is 0 Å². The maximum atomic E-state index is 12.2. The Bertz CT molecular complexity index is 1290. The molecule has 1 aromatic carbocycles. The van der Waals surface area contributed by atoms with Gasteiger partial charge in [-0.1, -0.05) is 50.6 Å². The van der Waals surface area contributed by atoms with Crippen molar-refractivity contribution < 1.29 is 9.53 Å². The van der Waals surface area contributed by atoms with Gasteiger partial charge in [0.1, 0.15) is 11.4 Å². The van der Waals surface area contributed by atoms with E-state index in [4.69, 9.17) is 27.1 Å². The van der Waals surface area contributed by atoms with Crippen LogP contribution in [0.2, 0.25) is 5.02 Å². The van der Waals surface area contributed by atoms with Crippen LogP contribution in [0.15, 0.2) is 42.7 Å². The normalized spacial score (nSPS) is 11.8. The molecule has 0 atom stereocenters. The number of rotatable bonds is 4. The van der Waals surface area contributed by atoms with Crippen LogP contribution < -0.4 is 5.73 Å². The Labute approximate surface area is 184 Å². The number of esters is 1. The molecule has 0 aliphatic rings. The van der Waals surface area contributed by atoms with E-state index in [0.29, 0.717) is 16.5 Å². The van der Waals surface area contributed by atoms with Gasteiger partial charge < -0.3 is 10.5 Å². The number of aromatic nitrogens is 5. The van der Waals surface area contributed by atoms with Crippen molar-refractivity contribution in [3.8, 4) is 16.9 Å². The smallest absolute Gasteiger partial charge is 0.343 e. The Morgan fingerprint density at radius 1 is 1.16 bits per heavy atom. The van der Waals surface area contributed by atoms with E-state index < -0.39 is 5.97 Å². The summed E-state index contributed by atoms with van der Waals surface area (Å²) in [5, 5.41) is 9.47. The third kappa shape index (κ3) is 3.63. The van der Waals surface area contributed by atoms with Crippen molar-refractivity contribution in [3.05, 3.63) is 59.0 Å². The van der Waals surface area contributed by atoms with Gasteiger partial charge in [-0.05, 0) is 13.0 Å². The summed E-state index contributed by atoms with van der Waals surface area (Å²) in [6.45, 7) is 8.19. The Morgan fingerprint density at radius 2 is 1.90 bits per heavy atom. The molecule has 0 saturated heterocycles. The number of nitrogen functional groups attached to an aromatic ring is 1. The number of carbonyl (C=O) groups is 1. The molecule has 4 rings (SSSR count). The number of halogens is 1. The fourth-order valence-corrected chi connectivity index (χ4v) is 3.50. The molecule has 3 aromatic heterocycles. The van der Waals surface area contributed by atoms with Crippen LogP contribution in [-0.2, 0) is 10.2 Å². The second-order valence-corrected chi connectivity index (χ2v) is 8.51. The molecule has 0 radical (unpaired) electrons. The molecule has 0 amide bonds. The van der Waals surface area contributed by atoms with E-state index in [1.807, 2.05) is 30.3 Å². The van der Waals surface area contributed by atoms with E-state index in [1.165, 1.54) is 10.9 Å². The number of carbonyl (C=O) groups excluding carboxylic acids is 1. The quantitative estimate of drug-likeness (QED) is 0.477. The van der Waals surface area contributed by atoms with Gasteiger partial charge in [0.2, 0.25) is 0 Å². The topological polar surface area (TPSA) is 100 Å². The molecule has 3 heterocycles. The van der Waals surface area contributed by atoms with Gasteiger partial charge in [-0.15, -0.1) is 0 Å². The number of nitrogens with zero attached hydrogens (tertiary/aromatic N) is 5. The lowest BCUT2D eigenvalue weighted by molar-refractivity contribution is 0.0527. The van der Waals surface area contributed by atoms with Crippen LogP contribution in [0, 0.1) is 0 Å². The van der Waals surface area contributed by atoms with Crippen LogP contribution in [-0.4, -0.2) is 37.0 Å². The Hall–Kier alpha value is -3.39. The maximum Gasteiger partial charge on any atom is 0.343 e. The second-order valence-electron chi connectivity index (χ2n) is 8.10. The highest BCUT2D eigenvalue weighted by Crippen LogP contribution is 2.33. The zero-order valence-corrected chi connectivity index (χ0v) is 18.5. The first kappa shape index (κ1) is 20.9. The van der Waals surface area contributed by atoms with Gasteiger partial charge in [0.05, 0.1) is 24.7 Å². The van der Waals surface area contributed by atoms with Crippen molar-refractivity contribution in [2.45, 2.75) is 33.1 Å². The van der Waals surface area contributed by atoms with Gasteiger partial charge >= 0.3 is 5.97 Å². The molecule has 0 fully saturated rings. The molecule has 2 N–H and O–H groups in total. The minimum Gasteiger partial charge on any atom is -0.462 e. The molecule has 0 aliphatic heterocycles. The Balaban J connectivity index is 1.99. The van der Waals surface area contributed by atoms with Crippen LogP contribution in [0.5, 0.6) is 0 Å². The summed E-state index contributed by atoms with van der Waals surface area (Å²) in [5.74, 6) is 0.201. The molecule has 0 bridgehead atoms. The van der Waals surface area contributed by atoms with Crippen LogP contribution in [0.3, 0.4) is 0 Å². The number of hydrogen-bond donors (Lipinski definition) is 1. The average Bonchev–Trinajstić information content (AvgIpc) is 3.31. The summed E-state index contributed by atoms with van der Waals surface area (Å²) in [6, 6.07) is 9.40. The fraction of sp³-hybridized carbons (Fsp3) is 0.273. The Kier molecular flexibility index (Phi) is 5.18. The number of hydrogen-bond acceptors (Lipinski definition) is 6. The number of ether oxygens (including phenoxy) is 1. The molecule has 0 unspecified atom stereocenters. The standard InChI is InChI=1S/C22H23ClN6O2/c1-5-31-21(30)15-12-25-28(19(15)24)18-10-17(22(2,3)4)27-20-14(11-26-29(18)20)13-8-6-7-9-16(13)23/h6-12H,5,24H2,1-4H3. The number of nitrogens with two attached hydrogens (primary N) is 1. The SMILES string of the molecule is CCOC(=O)c1cnn(-c2cc(C(C)(C)C)nc3c(-c4ccccc4Cl)cnn23)c1N.